The lowest BCUT2D eigenvalue weighted by Gasteiger charge is -2.60. The van der Waals surface area contributed by atoms with Gasteiger partial charge in [-0.15, -0.1) is 0 Å². The van der Waals surface area contributed by atoms with Crippen LogP contribution in [0.4, 0.5) is 0 Å². The van der Waals surface area contributed by atoms with Crippen LogP contribution >= 0.6 is 0 Å². The first-order valence-corrected chi connectivity index (χ1v) is 11.7. The molecule has 5 N–H and O–H groups in total. The molecular weight excluding hydrogens is 414 g/mol. The molecule has 1 saturated carbocycles. The third-order valence-corrected chi connectivity index (χ3v) is 7.58. The van der Waals surface area contributed by atoms with Crippen molar-refractivity contribution in [1.82, 2.24) is 5.32 Å². The molecule has 8 nitrogen and oxygen atoms in total. The number of rotatable bonds is 5. The number of fused-ring (bicyclic) bond motifs is 2. The van der Waals surface area contributed by atoms with Crippen molar-refractivity contribution in [3.8, 4) is 0 Å². The van der Waals surface area contributed by atoms with Crippen molar-refractivity contribution in [2.45, 2.75) is 101 Å². The number of hydrogen-bond donors (Lipinski definition) is 5. The maximum atomic E-state index is 11.7. The van der Waals surface area contributed by atoms with Gasteiger partial charge in [0, 0.05) is 12.3 Å². The summed E-state index contributed by atoms with van der Waals surface area (Å²) in [6, 6.07) is 7.46. The highest BCUT2D eigenvalue weighted by Gasteiger charge is 2.68. The molecule has 3 aliphatic rings. The Balaban J connectivity index is 1.62. The minimum atomic E-state index is -2.14. The summed E-state index contributed by atoms with van der Waals surface area (Å²) in [6.07, 6.45) is -3.69. The summed E-state index contributed by atoms with van der Waals surface area (Å²) in [5, 5.41) is 48.2. The highest BCUT2D eigenvalue weighted by Crippen LogP contribution is 2.48. The maximum absolute atomic E-state index is 11.7. The normalized spacial score (nSPS) is 46.4. The highest BCUT2D eigenvalue weighted by molar-refractivity contribution is 5.22. The molecule has 1 aromatic carbocycles. The highest BCUT2D eigenvalue weighted by atomic mass is 16.8. The Hall–Kier alpha value is -1.10. The molecule has 2 saturated heterocycles. The average Bonchev–Trinajstić information content (AvgIpc) is 2.74. The number of aliphatic hydroxyl groups is 4. The molecule has 2 heterocycles. The standard InChI is InChI=1S/C24H37NO7/c1-5-16-18(26)17(25-4)20-21(19(16)27)31-22-24(29,32-20)23(28,12-14(3)30-22)11-10-15-8-6-13(2)7-9-15/h6-9,14,16-22,25-29H,5,10-12H2,1-4H3/t14-,16-,17+,18+,19+,20-,21-,22+,23+,24-/m1/s1. The molecule has 0 amide bonds. The SMILES string of the molecule is CC[C@@H]1[C@H](O)[C@H](NC)[C@H]2O[C@]3(O)[C@H](O[C@@H]2[C@H]1O)O[C@H](C)C[C@@]3(O)CCc1ccc(C)cc1. The zero-order valence-corrected chi connectivity index (χ0v) is 19.3. The molecule has 0 radical (unpaired) electrons. The van der Waals surface area contributed by atoms with Crippen LogP contribution in [0.3, 0.4) is 0 Å². The fraction of sp³-hybridized carbons (Fsp3) is 0.750. The van der Waals surface area contributed by atoms with E-state index in [1.807, 2.05) is 45.0 Å². The average molecular weight is 452 g/mol. The van der Waals surface area contributed by atoms with Crippen LogP contribution in [-0.4, -0.2) is 81.7 Å². The van der Waals surface area contributed by atoms with Crippen LogP contribution in [0.1, 0.15) is 44.2 Å². The lowest BCUT2D eigenvalue weighted by Crippen LogP contribution is -2.78. The van der Waals surface area contributed by atoms with Gasteiger partial charge in [-0.05, 0) is 45.7 Å². The summed E-state index contributed by atoms with van der Waals surface area (Å²) in [6.45, 7) is 5.73. The summed E-state index contributed by atoms with van der Waals surface area (Å²) in [5.41, 5.74) is 0.556. The molecule has 3 fully saturated rings. The monoisotopic (exact) mass is 451 g/mol. The van der Waals surface area contributed by atoms with E-state index in [-0.39, 0.29) is 18.9 Å². The summed E-state index contributed by atoms with van der Waals surface area (Å²) < 4.78 is 18.1. The molecule has 0 aromatic heterocycles. The lowest BCUT2D eigenvalue weighted by atomic mass is 9.73. The molecule has 1 aromatic rings. The Kier molecular flexibility index (Phi) is 6.70. The Labute approximate surface area is 189 Å². The first-order chi connectivity index (χ1) is 15.1. The Morgan fingerprint density at radius 2 is 1.75 bits per heavy atom. The van der Waals surface area contributed by atoms with Crippen LogP contribution in [0.25, 0.3) is 0 Å². The van der Waals surface area contributed by atoms with Gasteiger partial charge in [0.05, 0.1) is 24.4 Å². The minimum absolute atomic E-state index is 0.166. The molecule has 0 spiro atoms. The predicted molar refractivity (Wildman–Crippen MR) is 117 cm³/mol. The van der Waals surface area contributed by atoms with Gasteiger partial charge in [-0.2, -0.15) is 0 Å². The molecule has 4 rings (SSSR count). The summed E-state index contributed by atoms with van der Waals surface area (Å²) >= 11 is 0. The smallest absolute Gasteiger partial charge is 0.248 e. The van der Waals surface area contributed by atoms with Crippen molar-refractivity contribution in [1.29, 1.82) is 0 Å². The van der Waals surface area contributed by atoms with Gasteiger partial charge in [0.2, 0.25) is 12.1 Å². The topological polar surface area (TPSA) is 121 Å². The second-order valence-electron chi connectivity index (χ2n) is 9.75. The largest absolute Gasteiger partial charge is 0.391 e. The molecule has 180 valence electrons. The molecule has 32 heavy (non-hydrogen) atoms. The van der Waals surface area contributed by atoms with Gasteiger partial charge in [-0.3, -0.25) is 0 Å². The zero-order valence-electron chi connectivity index (χ0n) is 19.3. The van der Waals surface area contributed by atoms with Crippen molar-refractivity contribution in [3.05, 3.63) is 35.4 Å². The van der Waals surface area contributed by atoms with E-state index in [9.17, 15) is 20.4 Å². The lowest BCUT2D eigenvalue weighted by molar-refractivity contribution is -0.484. The third-order valence-electron chi connectivity index (χ3n) is 7.58. The molecule has 8 heteroatoms. The summed E-state index contributed by atoms with van der Waals surface area (Å²) in [5.74, 6) is -2.55. The predicted octanol–water partition coefficient (Wildman–Crippen LogP) is 0.616. The molecule has 0 unspecified atom stereocenters. The molecule has 2 aliphatic heterocycles. The molecule has 0 bridgehead atoms. The van der Waals surface area contributed by atoms with Crippen molar-refractivity contribution < 1.29 is 34.6 Å². The van der Waals surface area contributed by atoms with E-state index in [1.165, 1.54) is 0 Å². The van der Waals surface area contributed by atoms with Crippen molar-refractivity contribution in [2.24, 2.45) is 5.92 Å². The number of hydrogen-bond acceptors (Lipinski definition) is 8. The fourth-order valence-corrected chi connectivity index (χ4v) is 5.64. The maximum Gasteiger partial charge on any atom is 0.248 e. The third kappa shape index (κ3) is 3.91. The van der Waals surface area contributed by atoms with Crippen LogP contribution < -0.4 is 5.32 Å². The summed E-state index contributed by atoms with van der Waals surface area (Å²) in [4.78, 5) is 0. The van der Waals surface area contributed by atoms with E-state index in [4.69, 9.17) is 14.2 Å². The van der Waals surface area contributed by atoms with E-state index < -0.39 is 54.1 Å². The molecular formula is C24H37NO7. The van der Waals surface area contributed by atoms with Gasteiger partial charge in [-0.1, -0.05) is 36.8 Å². The number of ether oxygens (including phenoxy) is 3. The van der Waals surface area contributed by atoms with Crippen molar-refractivity contribution in [2.75, 3.05) is 7.05 Å². The second kappa shape index (κ2) is 8.92. The van der Waals surface area contributed by atoms with Crippen LogP contribution in [-0.2, 0) is 20.6 Å². The van der Waals surface area contributed by atoms with E-state index in [0.29, 0.717) is 12.8 Å². The Morgan fingerprint density at radius 1 is 1.06 bits per heavy atom. The van der Waals surface area contributed by atoms with E-state index in [2.05, 4.69) is 5.32 Å². The van der Waals surface area contributed by atoms with Crippen molar-refractivity contribution in [3.63, 3.8) is 0 Å². The van der Waals surface area contributed by atoms with Crippen LogP contribution in [0.5, 0.6) is 0 Å². The van der Waals surface area contributed by atoms with E-state index >= 15 is 0 Å². The first-order valence-electron chi connectivity index (χ1n) is 11.7. The van der Waals surface area contributed by atoms with Gasteiger partial charge in [0.15, 0.2) is 0 Å². The minimum Gasteiger partial charge on any atom is -0.391 e. The van der Waals surface area contributed by atoms with Crippen LogP contribution in [0.2, 0.25) is 0 Å². The first kappa shape index (κ1) is 24.0. The van der Waals surface area contributed by atoms with Crippen LogP contribution in [0, 0.1) is 12.8 Å². The number of aryl methyl sites for hydroxylation is 2. The Morgan fingerprint density at radius 3 is 2.38 bits per heavy atom. The van der Waals surface area contributed by atoms with E-state index in [1.54, 1.807) is 7.05 Å². The van der Waals surface area contributed by atoms with E-state index in [0.717, 1.165) is 11.1 Å². The number of likely N-dealkylation sites (N-methyl/N-ethyl adjacent to an activating group) is 1. The number of aliphatic hydroxyl groups excluding tert-OH is 2. The van der Waals surface area contributed by atoms with Crippen molar-refractivity contribution >= 4 is 0 Å². The van der Waals surface area contributed by atoms with Gasteiger partial charge in [0.25, 0.3) is 0 Å². The number of benzene rings is 1. The summed E-state index contributed by atoms with van der Waals surface area (Å²) in [7, 11) is 1.69. The van der Waals surface area contributed by atoms with Gasteiger partial charge >= 0.3 is 0 Å². The van der Waals surface area contributed by atoms with Crippen LogP contribution in [0.15, 0.2) is 24.3 Å². The number of nitrogens with one attached hydrogen (secondary N) is 1. The fourth-order valence-electron chi connectivity index (χ4n) is 5.64. The second-order valence-corrected chi connectivity index (χ2v) is 9.75. The van der Waals surface area contributed by atoms with Gasteiger partial charge in [0.1, 0.15) is 17.8 Å². The quantitative estimate of drug-likeness (QED) is 0.442. The zero-order chi connectivity index (χ0) is 23.3. The molecule has 1 aliphatic carbocycles. The Bertz CT molecular complexity index is 791. The van der Waals surface area contributed by atoms with Gasteiger partial charge < -0.3 is 40.0 Å². The van der Waals surface area contributed by atoms with Gasteiger partial charge in [-0.25, -0.2) is 0 Å². The molecule has 10 atom stereocenters.